The van der Waals surface area contributed by atoms with Crippen LogP contribution in [-0.2, 0) is 0 Å². The van der Waals surface area contributed by atoms with Crippen LogP contribution in [0.5, 0.6) is 0 Å². The number of aromatic amines is 1. The molecule has 0 saturated heterocycles. The molecule has 0 aliphatic carbocycles. The predicted molar refractivity (Wildman–Crippen MR) is 75.9 cm³/mol. The van der Waals surface area contributed by atoms with E-state index in [1.54, 1.807) is 24.3 Å². The second-order valence-electron chi connectivity index (χ2n) is 4.31. The Bertz CT molecular complexity index is 841. The third-order valence-corrected chi connectivity index (χ3v) is 3.78. The van der Waals surface area contributed by atoms with Crippen molar-refractivity contribution in [3.8, 4) is 0 Å². The Kier molecular flexibility index (Phi) is 3.28. The van der Waals surface area contributed by atoms with Crippen LogP contribution in [0, 0.1) is 5.82 Å². The summed E-state index contributed by atoms with van der Waals surface area (Å²) in [6.07, 6.45) is 0. The molecule has 0 aliphatic heterocycles. The monoisotopic (exact) mass is 311 g/mol. The van der Waals surface area contributed by atoms with Gasteiger partial charge in [0.2, 0.25) is 0 Å². The molecule has 0 radical (unpaired) electrons. The number of fused-ring (bicyclic) bond motifs is 1. The van der Waals surface area contributed by atoms with Crippen molar-refractivity contribution in [2.24, 2.45) is 0 Å². The van der Waals surface area contributed by atoms with Crippen LogP contribution in [0.3, 0.4) is 0 Å². The van der Waals surface area contributed by atoms with Gasteiger partial charge in [0.15, 0.2) is 5.58 Å². The molecular formula is C14H8Cl2FNO2. The van der Waals surface area contributed by atoms with Crippen molar-refractivity contribution >= 4 is 34.3 Å². The van der Waals surface area contributed by atoms with Gasteiger partial charge in [0.1, 0.15) is 5.82 Å². The van der Waals surface area contributed by atoms with Crippen molar-refractivity contribution in [2.45, 2.75) is 5.38 Å². The highest BCUT2D eigenvalue weighted by Gasteiger charge is 2.14. The van der Waals surface area contributed by atoms with E-state index in [1.807, 2.05) is 0 Å². The highest BCUT2D eigenvalue weighted by Crippen LogP contribution is 2.31. The molecule has 6 heteroatoms. The van der Waals surface area contributed by atoms with Crippen LogP contribution in [0.15, 0.2) is 45.6 Å². The van der Waals surface area contributed by atoms with E-state index in [2.05, 4.69) is 4.98 Å². The van der Waals surface area contributed by atoms with Gasteiger partial charge in [-0.25, -0.2) is 9.18 Å². The van der Waals surface area contributed by atoms with Crippen molar-refractivity contribution < 1.29 is 8.81 Å². The minimum atomic E-state index is -0.564. The number of hydrogen-bond acceptors (Lipinski definition) is 2. The third kappa shape index (κ3) is 2.32. The average Bonchev–Trinajstić information content (AvgIpc) is 2.80. The van der Waals surface area contributed by atoms with Gasteiger partial charge >= 0.3 is 5.76 Å². The largest absolute Gasteiger partial charge is 0.417 e. The summed E-state index contributed by atoms with van der Waals surface area (Å²) in [7, 11) is 0. The smallest absolute Gasteiger partial charge is 0.408 e. The van der Waals surface area contributed by atoms with Gasteiger partial charge in [-0.05, 0) is 35.4 Å². The van der Waals surface area contributed by atoms with Gasteiger partial charge in [0, 0.05) is 0 Å². The lowest BCUT2D eigenvalue weighted by Crippen LogP contribution is -1.94. The number of H-pyrrole nitrogens is 1. The number of rotatable bonds is 2. The van der Waals surface area contributed by atoms with Crippen LogP contribution >= 0.6 is 23.2 Å². The van der Waals surface area contributed by atoms with Gasteiger partial charge in [0.25, 0.3) is 0 Å². The summed E-state index contributed by atoms with van der Waals surface area (Å²) in [5.41, 5.74) is 2.27. The minimum Gasteiger partial charge on any atom is -0.408 e. The van der Waals surface area contributed by atoms with E-state index in [0.29, 0.717) is 22.2 Å². The quantitative estimate of drug-likeness (QED) is 0.719. The minimum absolute atomic E-state index is 0.0460. The maximum absolute atomic E-state index is 13.5. The molecule has 1 aromatic heterocycles. The molecule has 1 atom stereocenters. The molecule has 0 aliphatic rings. The van der Waals surface area contributed by atoms with Crippen LogP contribution in [0.25, 0.3) is 11.1 Å². The van der Waals surface area contributed by atoms with E-state index < -0.39 is 17.0 Å². The van der Waals surface area contributed by atoms with Crippen molar-refractivity contribution in [3.05, 3.63) is 68.9 Å². The molecule has 0 fully saturated rings. The standard InChI is InChI=1S/C14H8Cl2FNO2/c15-9-3-1-7(5-10(9)17)13(16)8-2-4-11-12(6-8)20-14(19)18-11/h1-6,13H,(H,18,19). The highest BCUT2D eigenvalue weighted by atomic mass is 35.5. The molecule has 0 spiro atoms. The molecule has 0 amide bonds. The highest BCUT2D eigenvalue weighted by molar-refractivity contribution is 6.30. The Balaban J connectivity index is 2.04. The van der Waals surface area contributed by atoms with E-state index in [9.17, 15) is 9.18 Å². The van der Waals surface area contributed by atoms with Crippen LogP contribution in [-0.4, -0.2) is 4.98 Å². The van der Waals surface area contributed by atoms with Crippen LogP contribution in [0.4, 0.5) is 4.39 Å². The van der Waals surface area contributed by atoms with Crippen molar-refractivity contribution in [1.29, 1.82) is 0 Å². The maximum atomic E-state index is 13.5. The van der Waals surface area contributed by atoms with Crippen molar-refractivity contribution in [1.82, 2.24) is 4.98 Å². The number of hydrogen-bond donors (Lipinski definition) is 1. The Hall–Kier alpha value is -1.78. The van der Waals surface area contributed by atoms with Gasteiger partial charge in [-0.1, -0.05) is 23.7 Å². The lowest BCUT2D eigenvalue weighted by Gasteiger charge is -2.10. The van der Waals surface area contributed by atoms with Crippen LogP contribution < -0.4 is 5.76 Å². The molecule has 3 rings (SSSR count). The molecular weight excluding hydrogens is 304 g/mol. The van der Waals surface area contributed by atoms with E-state index in [1.165, 1.54) is 12.1 Å². The fourth-order valence-corrected chi connectivity index (χ4v) is 2.37. The molecule has 0 saturated carbocycles. The zero-order valence-electron chi connectivity index (χ0n) is 9.99. The zero-order valence-corrected chi connectivity index (χ0v) is 11.5. The number of oxazole rings is 1. The number of halogens is 3. The summed E-state index contributed by atoms with van der Waals surface area (Å²) >= 11 is 12.0. The Labute approximate surface area is 122 Å². The number of benzene rings is 2. The zero-order chi connectivity index (χ0) is 14.3. The SMILES string of the molecule is O=c1[nH]c2ccc(C(Cl)c3ccc(Cl)c(F)c3)cc2o1. The van der Waals surface area contributed by atoms with Crippen molar-refractivity contribution in [2.75, 3.05) is 0 Å². The molecule has 3 nitrogen and oxygen atoms in total. The molecule has 102 valence electrons. The Morgan fingerprint density at radius 1 is 1.15 bits per heavy atom. The van der Waals surface area contributed by atoms with E-state index in [-0.39, 0.29) is 5.02 Å². The lowest BCUT2D eigenvalue weighted by atomic mass is 10.0. The first-order valence-electron chi connectivity index (χ1n) is 5.76. The van der Waals surface area contributed by atoms with Gasteiger partial charge in [-0.2, -0.15) is 0 Å². The topological polar surface area (TPSA) is 46.0 Å². The normalized spacial score (nSPS) is 12.8. The van der Waals surface area contributed by atoms with E-state index in [0.717, 1.165) is 0 Å². The summed E-state index contributed by atoms with van der Waals surface area (Å²) < 4.78 is 18.4. The summed E-state index contributed by atoms with van der Waals surface area (Å²) in [5, 5.41) is -0.518. The van der Waals surface area contributed by atoms with Crippen molar-refractivity contribution in [3.63, 3.8) is 0 Å². The fourth-order valence-electron chi connectivity index (χ4n) is 1.98. The van der Waals surface area contributed by atoms with Gasteiger partial charge in [-0.3, -0.25) is 4.98 Å². The molecule has 1 N–H and O–H groups in total. The molecule has 20 heavy (non-hydrogen) atoms. The molecule has 1 unspecified atom stereocenters. The third-order valence-electron chi connectivity index (χ3n) is 2.97. The van der Waals surface area contributed by atoms with Crippen LogP contribution in [0.2, 0.25) is 5.02 Å². The Morgan fingerprint density at radius 3 is 2.60 bits per heavy atom. The first kappa shape index (κ1) is 13.2. The van der Waals surface area contributed by atoms with E-state index >= 15 is 0 Å². The van der Waals surface area contributed by atoms with Gasteiger partial charge in [0.05, 0.1) is 15.9 Å². The summed E-state index contributed by atoms with van der Waals surface area (Å²) in [6.45, 7) is 0. The molecule has 2 aromatic carbocycles. The predicted octanol–water partition coefficient (Wildman–Crippen LogP) is 4.24. The molecule has 3 aromatic rings. The molecule has 0 bridgehead atoms. The van der Waals surface area contributed by atoms with Gasteiger partial charge in [-0.15, -0.1) is 11.6 Å². The lowest BCUT2D eigenvalue weighted by molar-refractivity contribution is 0.555. The Morgan fingerprint density at radius 2 is 1.85 bits per heavy atom. The van der Waals surface area contributed by atoms with Crippen LogP contribution in [0.1, 0.15) is 16.5 Å². The second kappa shape index (κ2) is 4.96. The van der Waals surface area contributed by atoms with E-state index in [4.69, 9.17) is 27.6 Å². The second-order valence-corrected chi connectivity index (χ2v) is 5.15. The summed E-state index contributed by atoms with van der Waals surface area (Å²) in [5.74, 6) is -1.05. The first-order chi connectivity index (χ1) is 9.54. The fraction of sp³-hybridized carbons (Fsp3) is 0.0714. The average molecular weight is 312 g/mol. The number of alkyl halides is 1. The molecule has 1 heterocycles. The number of nitrogens with one attached hydrogen (secondary N) is 1. The number of aromatic nitrogens is 1. The summed E-state index contributed by atoms with van der Waals surface area (Å²) in [4.78, 5) is 13.6. The first-order valence-corrected chi connectivity index (χ1v) is 6.58. The maximum Gasteiger partial charge on any atom is 0.417 e. The summed E-state index contributed by atoms with van der Waals surface area (Å²) in [6, 6.07) is 9.49. The van der Waals surface area contributed by atoms with Gasteiger partial charge < -0.3 is 4.42 Å².